The summed E-state index contributed by atoms with van der Waals surface area (Å²) in [6.45, 7) is 0. The molecule has 0 amide bonds. The van der Waals surface area contributed by atoms with Gasteiger partial charge in [-0.15, -0.1) is 0 Å². The fourth-order valence-corrected chi connectivity index (χ4v) is 31.2. The Morgan fingerprint density at radius 1 is 0.417 bits per heavy atom. The Kier molecular flexibility index (Phi) is 8.41. The fraction of sp³-hybridized carbons (Fsp3) is 0.0182. The van der Waals surface area contributed by atoms with Gasteiger partial charge in [-0.2, -0.15) is 0 Å². The Balaban J connectivity index is 1.20. The first kappa shape index (κ1) is 36.2. The molecule has 9 aromatic carbocycles. The third-order valence-electron chi connectivity index (χ3n) is 13.1. The zero-order valence-electron chi connectivity index (χ0n) is 32.7. The predicted molar refractivity (Wildman–Crippen MR) is 260 cm³/mol. The minimum absolute atomic E-state index is 0.500. The number of fused-ring (bicyclic) bond motifs is 10. The molecule has 60 heavy (non-hydrogen) atoms. The third-order valence-corrected chi connectivity index (χ3v) is 30.3. The van der Waals surface area contributed by atoms with Crippen molar-refractivity contribution in [2.45, 2.75) is 15.2 Å². The molecule has 1 nitrogen and oxygen atoms in total. The van der Waals surface area contributed by atoms with Crippen LogP contribution in [0.5, 0.6) is 0 Å². The summed E-state index contributed by atoms with van der Waals surface area (Å²) in [5.41, 5.74) is 8.31. The van der Waals surface area contributed by atoms with Gasteiger partial charge in [0.1, 0.15) is 0 Å². The van der Waals surface area contributed by atoms with Gasteiger partial charge in [0.05, 0.1) is 0 Å². The molecule has 3 aliphatic rings. The van der Waals surface area contributed by atoms with E-state index in [4.69, 9.17) is 11.8 Å². The van der Waals surface area contributed by atoms with Gasteiger partial charge in [-0.1, -0.05) is 0 Å². The van der Waals surface area contributed by atoms with Gasteiger partial charge in [0.2, 0.25) is 0 Å². The van der Waals surface area contributed by atoms with E-state index in [9.17, 15) is 0 Å². The summed E-state index contributed by atoms with van der Waals surface area (Å²) >= 11 is 5.33. The van der Waals surface area contributed by atoms with Crippen LogP contribution < -0.4 is 38.4 Å². The van der Waals surface area contributed by atoms with E-state index in [0.717, 1.165) is 5.69 Å². The van der Waals surface area contributed by atoms with E-state index < -0.39 is 24.7 Å². The molecule has 0 aromatic heterocycles. The van der Waals surface area contributed by atoms with Gasteiger partial charge in [0.25, 0.3) is 0 Å². The molecular formula is C55H38GeNPS2. The second kappa shape index (κ2) is 13.9. The van der Waals surface area contributed by atoms with Crippen molar-refractivity contribution >= 4 is 93.4 Å². The first-order valence-electron chi connectivity index (χ1n) is 20.5. The Bertz CT molecular complexity index is 3050. The number of nitrogens with zero attached hydrogens (tertiary/aromatic N) is 1. The van der Waals surface area contributed by atoms with Crippen LogP contribution >= 0.6 is 17.8 Å². The van der Waals surface area contributed by atoms with E-state index in [2.05, 4.69) is 235 Å². The molecule has 3 aliphatic heterocycles. The van der Waals surface area contributed by atoms with E-state index in [0.29, 0.717) is 0 Å². The zero-order chi connectivity index (χ0) is 39.9. The molecule has 12 rings (SSSR count). The van der Waals surface area contributed by atoms with Gasteiger partial charge in [-0.3, -0.25) is 0 Å². The standard InChI is InChI=1S/C55H38GeNPS2/c59-58(42-24-8-3-9-25-42)51-33-17-14-30-47(51)56(39-20-4-1-5-21-39,40-22-6-2-7-23-40)48-38-41(36-37-52(48)58)57-49-31-15-10-26-43(49)55(44-27-11-16-32-50(44)57)45-28-12-18-34-53(45)60-54-35-19-13-29-46(54)55/h1-38H. The van der Waals surface area contributed by atoms with Crippen LogP contribution in [0.3, 0.4) is 0 Å². The molecule has 0 saturated carbocycles. The molecule has 0 aliphatic carbocycles. The Hall–Kier alpha value is -5.68. The molecule has 0 fully saturated rings. The fourth-order valence-electron chi connectivity index (χ4n) is 10.8. The number of para-hydroxylation sites is 2. The molecule has 3 heterocycles. The Morgan fingerprint density at radius 3 is 1.45 bits per heavy atom. The normalized spacial score (nSPS) is 17.3. The number of benzene rings is 9. The van der Waals surface area contributed by atoms with Gasteiger partial charge < -0.3 is 0 Å². The summed E-state index contributed by atoms with van der Waals surface area (Å²) in [5, 5.41) is 3.89. The predicted octanol–water partition coefficient (Wildman–Crippen LogP) is 9.76. The first-order valence-corrected chi connectivity index (χ1v) is 28.4. The Morgan fingerprint density at radius 2 is 0.867 bits per heavy atom. The van der Waals surface area contributed by atoms with Crippen LogP contribution in [0.25, 0.3) is 0 Å². The van der Waals surface area contributed by atoms with Crippen molar-refractivity contribution in [3.8, 4) is 0 Å². The van der Waals surface area contributed by atoms with Crippen molar-refractivity contribution in [3.63, 3.8) is 0 Å². The monoisotopic (exact) mass is 881 g/mol. The van der Waals surface area contributed by atoms with Gasteiger partial charge >= 0.3 is 366 Å². The molecule has 5 heteroatoms. The van der Waals surface area contributed by atoms with Crippen LogP contribution in [0.1, 0.15) is 22.3 Å². The van der Waals surface area contributed by atoms with Gasteiger partial charge in [0.15, 0.2) is 0 Å². The number of hydrogen-bond acceptors (Lipinski definition) is 3. The minimum atomic E-state index is -3.80. The van der Waals surface area contributed by atoms with E-state index in [1.807, 2.05) is 11.8 Å². The van der Waals surface area contributed by atoms with Crippen molar-refractivity contribution < 1.29 is 0 Å². The molecule has 0 bridgehead atoms. The summed E-state index contributed by atoms with van der Waals surface area (Å²) in [6.07, 6.45) is 0. The maximum atomic E-state index is 7.24. The summed E-state index contributed by atoms with van der Waals surface area (Å²) in [5.74, 6) is 0. The number of rotatable bonds is 4. The van der Waals surface area contributed by atoms with Crippen LogP contribution in [0.4, 0.5) is 17.1 Å². The summed E-state index contributed by atoms with van der Waals surface area (Å²) in [6, 6.07) is 84.3. The van der Waals surface area contributed by atoms with Gasteiger partial charge in [-0.25, -0.2) is 0 Å². The average Bonchev–Trinajstić information content (AvgIpc) is 3.32. The van der Waals surface area contributed by atoms with Crippen LogP contribution in [0.2, 0.25) is 0 Å². The number of anilines is 3. The second-order valence-corrected chi connectivity index (χ2v) is 29.1. The van der Waals surface area contributed by atoms with Crippen molar-refractivity contribution in [1.29, 1.82) is 0 Å². The topological polar surface area (TPSA) is 3.24 Å². The molecule has 284 valence electrons. The molecule has 1 atom stereocenters. The van der Waals surface area contributed by atoms with E-state index in [1.54, 1.807) is 0 Å². The van der Waals surface area contributed by atoms with Crippen LogP contribution in [-0.2, 0) is 17.2 Å². The van der Waals surface area contributed by atoms with E-state index >= 15 is 0 Å². The van der Waals surface area contributed by atoms with Crippen LogP contribution in [0, 0.1) is 0 Å². The molecule has 0 saturated heterocycles. The number of hydrogen-bond donors (Lipinski definition) is 0. The van der Waals surface area contributed by atoms with Crippen molar-refractivity contribution in [2.75, 3.05) is 4.90 Å². The van der Waals surface area contributed by atoms with Crippen LogP contribution in [0.15, 0.2) is 240 Å². The van der Waals surface area contributed by atoms with Crippen molar-refractivity contribution in [1.82, 2.24) is 0 Å². The second-order valence-electron chi connectivity index (χ2n) is 15.9. The molecular weight excluding hydrogens is 842 g/mol. The maximum absolute atomic E-state index is 7.24. The molecule has 1 unspecified atom stereocenters. The summed E-state index contributed by atoms with van der Waals surface area (Å²) in [4.78, 5) is 5.16. The quantitative estimate of drug-likeness (QED) is 0.128. The SMILES string of the molecule is S=P1(c2ccccc2)c2cccc[c]2[Ge]([c]2ccccc2)([c]2ccccc2)[c]2cc(N3c4ccccc4C4(c5ccccc5Sc5ccccc54)c4ccccc43)ccc21. The third kappa shape index (κ3) is 4.86. The van der Waals surface area contributed by atoms with Gasteiger partial charge in [0, 0.05) is 0 Å². The van der Waals surface area contributed by atoms with Gasteiger partial charge in [-0.05, 0) is 0 Å². The molecule has 9 aromatic rings. The Labute approximate surface area is 363 Å². The van der Waals surface area contributed by atoms with Crippen molar-refractivity contribution in [2.24, 2.45) is 0 Å². The molecule has 0 radical (unpaired) electrons. The molecule has 0 N–H and O–H groups in total. The van der Waals surface area contributed by atoms with E-state index in [-0.39, 0.29) is 0 Å². The van der Waals surface area contributed by atoms with E-state index in [1.165, 1.54) is 76.9 Å². The molecule has 1 spiro atoms. The summed E-state index contributed by atoms with van der Waals surface area (Å²) in [7, 11) is 0. The van der Waals surface area contributed by atoms with Crippen LogP contribution in [-0.4, -0.2) is 13.3 Å². The average molecular weight is 881 g/mol. The first-order chi connectivity index (χ1) is 29.7. The zero-order valence-corrected chi connectivity index (χ0v) is 37.3. The summed E-state index contributed by atoms with van der Waals surface area (Å²) < 4.78 is 5.69. The van der Waals surface area contributed by atoms with Crippen molar-refractivity contribution in [3.05, 3.63) is 253 Å².